The van der Waals surface area contributed by atoms with E-state index in [9.17, 15) is 0 Å². The highest BCUT2D eigenvalue weighted by Crippen LogP contribution is 2.50. The van der Waals surface area contributed by atoms with E-state index in [4.69, 9.17) is 14.3 Å². The molecule has 1 aliphatic carbocycles. The Bertz CT molecular complexity index is 665. The third kappa shape index (κ3) is 5.96. The summed E-state index contributed by atoms with van der Waals surface area (Å²) in [6, 6.07) is 5.05. The van der Waals surface area contributed by atoms with Crippen molar-refractivity contribution in [1.82, 2.24) is 14.6 Å². The van der Waals surface area contributed by atoms with Crippen molar-refractivity contribution in [2.24, 2.45) is 0 Å². The molecule has 154 valence electrons. The fourth-order valence-corrected chi connectivity index (χ4v) is 4.94. The first-order chi connectivity index (χ1) is 13.4. The number of hydrogen-bond donors (Lipinski definition) is 0. The van der Waals surface area contributed by atoms with Crippen LogP contribution in [0, 0.1) is 11.3 Å². The molecule has 0 amide bonds. The van der Waals surface area contributed by atoms with E-state index in [0.717, 1.165) is 18.7 Å². The molecule has 1 atom stereocenters. The smallest absolute Gasteiger partial charge is 0.259 e. The van der Waals surface area contributed by atoms with Gasteiger partial charge in [0, 0.05) is 31.4 Å². The van der Waals surface area contributed by atoms with Crippen LogP contribution in [0.5, 0.6) is 0 Å². The average Bonchev–Trinajstić information content (AvgIpc) is 2.63. The number of nitrogens with zero attached hydrogens (tertiary/aromatic N) is 5. The quantitative estimate of drug-likeness (QED) is 0.399. The Kier molecular flexibility index (Phi) is 8.78. The maximum absolute atomic E-state index is 8.82. The first kappa shape index (κ1) is 22.7. The van der Waals surface area contributed by atoms with Crippen LogP contribution in [-0.2, 0) is 9.05 Å². The van der Waals surface area contributed by atoms with E-state index in [0.29, 0.717) is 37.0 Å². The van der Waals surface area contributed by atoms with Gasteiger partial charge in [0.1, 0.15) is 5.82 Å². The zero-order valence-corrected chi connectivity index (χ0v) is 18.5. The van der Waals surface area contributed by atoms with Crippen molar-refractivity contribution in [3.8, 4) is 6.07 Å². The van der Waals surface area contributed by atoms with Gasteiger partial charge in [0.25, 0.3) is 8.53 Å². The van der Waals surface area contributed by atoms with Gasteiger partial charge in [-0.15, -0.1) is 0 Å². The normalized spacial score (nSPS) is 20.1. The zero-order valence-electron chi connectivity index (χ0n) is 17.6. The SMILES string of the molecule is C=Cc1nccc(N(C)C2CC(OP(OCCC#N)N(C(C)C)C(C)C)C2)n1. The van der Waals surface area contributed by atoms with E-state index in [2.05, 4.69) is 66.9 Å². The fourth-order valence-electron chi connectivity index (χ4n) is 3.21. The highest BCUT2D eigenvalue weighted by Gasteiger charge is 2.38. The van der Waals surface area contributed by atoms with Gasteiger partial charge >= 0.3 is 0 Å². The first-order valence-electron chi connectivity index (χ1n) is 9.80. The third-order valence-electron chi connectivity index (χ3n) is 4.72. The van der Waals surface area contributed by atoms with Gasteiger partial charge in [-0.1, -0.05) is 6.58 Å². The predicted octanol–water partition coefficient (Wildman–Crippen LogP) is 4.38. The van der Waals surface area contributed by atoms with Crippen molar-refractivity contribution < 1.29 is 9.05 Å². The molecule has 1 fully saturated rings. The van der Waals surface area contributed by atoms with Crippen molar-refractivity contribution in [2.75, 3.05) is 18.6 Å². The summed E-state index contributed by atoms with van der Waals surface area (Å²) in [7, 11) is 0.868. The molecule has 7 nitrogen and oxygen atoms in total. The summed E-state index contributed by atoms with van der Waals surface area (Å²) < 4.78 is 14.6. The van der Waals surface area contributed by atoms with Crippen LogP contribution >= 0.6 is 8.53 Å². The molecule has 1 aromatic heterocycles. The van der Waals surface area contributed by atoms with Crippen LogP contribution in [-0.4, -0.2) is 52.5 Å². The maximum Gasteiger partial charge on any atom is 0.259 e. The summed E-state index contributed by atoms with van der Waals surface area (Å²) >= 11 is 0. The lowest BCUT2D eigenvalue weighted by Gasteiger charge is -2.44. The van der Waals surface area contributed by atoms with Crippen molar-refractivity contribution in [3.63, 3.8) is 0 Å². The van der Waals surface area contributed by atoms with Gasteiger partial charge < -0.3 is 13.9 Å². The van der Waals surface area contributed by atoms with Crippen LogP contribution in [0.3, 0.4) is 0 Å². The van der Waals surface area contributed by atoms with E-state index < -0.39 is 8.53 Å². The van der Waals surface area contributed by atoms with Gasteiger partial charge in [0.2, 0.25) is 0 Å². The van der Waals surface area contributed by atoms with E-state index >= 15 is 0 Å². The second kappa shape index (κ2) is 10.8. The fraction of sp³-hybridized carbons (Fsp3) is 0.650. The molecule has 0 N–H and O–H groups in total. The zero-order chi connectivity index (χ0) is 20.7. The highest BCUT2D eigenvalue weighted by atomic mass is 31.2. The number of nitriles is 1. The minimum Gasteiger partial charge on any atom is -0.356 e. The Labute approximate surface area is 170 Å². The molecule has 0 bridgehead atoms. The molecule has 1 heterocycles. The Hall–Kier alpha value is -1.58. The molecule has 28 heavy (non-hydrogen) atoms. The van der Waals surface area contributed by atoms with E-state index in [1.54, 1.807) is 12.3 Å². The second-order valence-corrected chi connectivity index (χ2v) is 8.89. The summed E-state index contributed by atoms with van der Waals surface area (Å²) in [5.74, 6) is 1.53. The van der Waals surface area contributed by atoms with Crippen molar-refractivity contribution in [2.45, 2.75) is 71.2 Å². The highest BCUT2D eigenvalue weighted by molar-refractivity contribution is 7.44. The molecule has 1 aromatic rings. The van der Waals surface area contributed by atoms with Crippen LogP contribution in [0.25, 0.3) is 6.08 Å². The van der Waals surface area contributed by atoms with Crippen LogP contribution in [0.1, 0.15) is 52.8 Å². The van der Waals surface area contributed by atoms with E-state index in [1.807, 2.05) is 6.07 Å². The molecule has 0 aliphatic heterocycles. The molecule has 8 heteroatoms. The summed E-state index contributed by atoms with van der Waals surface area (Å²) in [5, 5.41) is 8.82. The molecular formula is C20H32N5O2P. The number of rotatable bonds is 11. The van der Waals surface area contributed by atoms with E-state index in [1.165, 1.54) is 0 Å². The van der Waals surface area contributed by atoms with Gasteiger partial charge in [0.15, 0.2) is 5.82 Å². The van der Waals surface area contributed by atoms with Gasteiger partial charge in [-0.25, -0.2) is 14.6 Å². The Balaban J connectivity index is 1.95. The number of hydrogen-bond acceptors (Lipinski definition) is 7. The number of aromatic nitrogens is 2. The van der Waals surface area contributed by atoms with Crippen LogP contribution in [0.2, 0.25) is 0 Å². The molecule has 0 aromatic carbocycles. The molecule has 0 saturated heterocycles. The van der Waals surface area contributed by atoms with Gasteiger partial charge in [-0.3, -0.25) is 0 Å². The standard InChI is InChI=1S/C20H32N5O2P/c1-7-19-22-11-9-20(23-19)24(6)17-13-18(14-17)27-28(26-12-8-10-21)25(15(2)3)16(4)5/h7,9,11,15-18H,1,8,12-14H2,2-6H3. The lowest BCUT2D eigenvalue weighted by molar-refractivity contribution is 0.0691. The Morgan fingerprint density at radius 1 is 1.36 bits per heavy atom. The summed E-state index contributed by atoms with van der Waals surface area (Å²) in [6.07, 6.45) is 5.79. The third-order valence-corrected chi connectivity index (χ3v) is 6.91. The minimum absolute atomic E-state index is 0.154. The largest absolute Gasteiger partial charge is 0.356 e. The van der Waals surface area contributed by atoms with Crippen LogP contribution in [0.15, 0.2) is 18.8 Å². The number of anilines is 1. The molecular weight excluding hydrogens is 373 g/mol. The lowest BCUT2D eigenvalue weighted by atomic mass is 9.88. The minimum atomic E-state index is -1.18. The van der Waals surface area contributed by atoms with E-state index in [-0.39, 0.29) is 6.10 Å². The predicted molar refractivity (Wildman–Crippen MR) is 114 cm³/mol. The van der Waals surface area contributed by atoms with Crippen LogP contribution in [0.4, 0.5) is 5.82 Å². The average molecular weight is 405 g/mol. The molecule has 0 radical (unpaired) electrons. The molecule has 1 unspecified atom stereocenters. The Morgan fingerprint density at radius 3 is 2.61 bits per heavy atom. The second-order valence-electron chi connectivity index (χ2n) is 7.49. The van der Waals surface area contributed by atoms with Gasteiger partial charge in [-0.05, 0) is 52.7 Å². The van der Waals surface area contributed by atoms with Crippen LogP contribution < -0.4 is 4.90 Å². The summed E-state index contributed by atoms with van der Waals surface area (Å²) in [4.78, 5) is 10.8. The summed E-state index contributed by atoms with van der Waals surface area (Å²) in [6.45, 7) is 12.7. The topological polar surface area (TPSA) is 74.5 Å². The monoisotopic (exact) mass is 405 g/mol. The van der Waals surface area contributed by atoms with Gasteiger partial charge in [-0.2, -0.15) is 5.26 Å². The van der Waals surface area contributed by atoms with Crippen molar-refractivity contribution >= 4 is 20.4 Å². The maximum atomic E-state index is 8.82. The summed E-state index contributed by atoms with van der Waals surface area (Å²) in [5.41, 5.74) is 0. The first-order valence-corrected chi connectivity index (χ1v) is 10.9. The Morgan fingerprint density at radius 2 is 2.04 bits per heavy atom. The van der Waals surface area contributed by atoms with Crippen molar-refractivity contribution in [3.05, 3.63) is 24.7 Å². The molecule has 2 rings (SSSR count). The molecule has 1 aliphatic rings. The molecule has 0 spiro atoms. The van der Waals surface area contributed by atoms with Gasteiger partial charge in [0.05, 0.1) is 25.2 Å². The van der Waals surface area contributed by atoms with Crippen molar-refractivity contribution in [1.29, 1.82) is 5.26 Å². The lowest BCUT2D eigenvalue weighted by Crippen LogP contribution is -2.47. The molecule has 1 saturated carbocycles.